The van der Waals surface area contributed by atoms with Crippen molar-refractivity contribution in [1.82, 2.24) is 5.32 Å². The Kier molecular flexibility index (Phi) is 5.20. The van der Waals surface area contributed by atoms with Gasteiger partial charge in [0.1, 0.15) is 5.75 Å². The number of benzene rings is 1. The van der Waals surface area contributed by atoms with Crippen LogP contribution in [0.4, 0.5) is 0 Å². The van der Waals surface area contributed by atoms with Crippen molar-refractivity contribution < 1.29 is 14.3 Å². The minimum absolute atomic E-state index is 0.0309. The van der Waals surface area contributed by atoms with Crippen molar-refractivity contribution in [1.29, 1.82) is 0 Å². The van der Waals surface area contributed by atoms with Crippen LogP contribution in [0, 0.1) is 0 Å². The topological polar surface area (TPSA) is 55.4 Å². The van der Waals surface area contributed by atoms with Gasteiger partial charge in [0.05, 0.1) is 6.61 Å². The number of nitrogens with one attached hydrogen (secondary N) is 1. The third-order valence-corrected chi connectivity index (χ3v) is 2.35. The molecule has 0 aliphatic rings. The Bertz CT molecular complexity index is 384. The molecule has 4 heteroatoms. The first kappa shape index (κ1) is 13.2. The van der Waals surface area contributed by atoms with Crippen LogP contribution in [0.25, 0.3) is 0 Å². The zero-order chi connectivity index (χ0) is 12.7. The van der Waals surface area contributed by atoms with E-state index in [0.29, 0.717) is 12.2 Å². The fourth-order valence-corrected chi connectivity index (χ4v) is 1.40. The van der Waals surface area contributed by atoms with Crippen molar-refractivity contribution in [2.75, 3.05) is 13.7 Å². The summed E-state index contributed by atoms with van der Waals surface area (Å²) in [5, 5.41) is 2.49. The van der Waals surface area contributed by atoms with Crippen molar-refractivity contribution in [2.45, 2.75) is 19.8 Å². The highest BCUT2D eigenvalue weighted by Gasteiger charge is 2.08. The first-order chi connectivity index (χ1) is 8.17. The predicted octanol–water partition coefficient (Wildman–Crippen LogP) is 1.79. The second-order valence-corrected chi connectivity index (χ2v) is 3.55. The highest BCUT2D eigenvalue weighted by molar-refractivity contribution is 5.98. The lowest BCUT2D eigenvalue weighted by Crippen LogP contribution is -2.18. The molecule has 0 aliphatic carbocycles. The van der Waals surface area contributed by atoms with Crippen LogP contribution in [0.2, 0.25) is 0 Å². The Morgan fingerprint density at radius 2 is 1.82 bits per heavy atom. The number of ketones is 1. The van der Waals surface area contributed by atoms with Crippen LogP contribution in [0.5, 0.6) is 5.75 Å². The Balaban J connectivity index is 2.54. The Morgan fingerprint density at radius 3 is 2.35 bits per heavy atom. The zero-order valence-electron chi connectivity index (χ0n) is 10.2. The number of rotatable bonds is 6. The average molecular weight is 235 g/mol. The molecule has 0 saturated heterocycles. The predicted molar refractivity (Wildman–Crippen MR) is 65.2 cm³/mol. The van der Waals surface area contributed by atoms with E-state index in [1.54, 1.807) is 31.3 Å². The number of carbonyl (C=O) groups excluding carboxylic acids is 2. The summed E-state index contributed by atoms with van der Waals surface area (Å²) >= 11 is 0. The van der Waals surface area contributed by atoms with Crippen LogP contribution in [0.3, 0.4) is 0 Å². The molecule has 0 saturated carbocycles. The monoisotopic (exact) mass is 235 g/mol. The van der Waals surface area contributed by atoms with E-state index in [1.807, 2.05) is 6.92 Å². The summed E-state index contributed by atoms with van der Waals surface area (Å²) in [6, 6.07) is 6.96. The average Bonchev–Trinajstić information content (AvgIpc) is 2.36. The molecule has 0 spiro atoms. The Labute approximate surface area is 101 Å². The Morgan fingerprint density at radius 1 is 1.18 bits per heavy atom. The first-order valence-electron chi connectivity index (χ1n) is 5.64. The minimum atomic E-state index is -0.121. The molecule has 0 fully saturated rings. The second kappa shape index (κ2) is 6.68. The van der Waals surface area contributed by atoms with E-state index in [-0.39, 0.29) is 24.5 Å². The van der Waals surface area contributed by atoms with E-state index in [4.69, 9.17) is 4.74 Å². The summed E-state index contributed by atoms with van der Waals surface area (Å²) in [6.07, 6.45) is 0.455. The smallest absolute Gasteiger partial charge is 0.220 e. The molecule has 17 heavy (non-hydrogen) atoms. The summed E-state index contributed by atoms with van der Waals surface area (Å²) in [4.78, 5) is 22.7. The molecule has 0 aromatic heterocycles. The van der Waals surface area contributed by atoms with Gasteiger partial charge in [-0.3, -0.25) is 9.59 Å². The molecule has 1 aromatic rings. The van der Waals surface area contributed by atoms with Crippen LogP contribution in [-0.4, -0.2) is 25.3 Å². The third kappa shape index (κ3) is 4.26. The molecule has 0 atom stereocenters. The van der Waals surface area contributed by atoms with E-state index >= 15 is 0 Å². The molecule has 0 aliphatic heterocycles. The van der Waals surface area contributed by atoms with Crippen molar-refractivity contribution >= 4 is 11.7 Å². The van der Waals surface area contributed by atoms with Gasteiger partial charge in [0.2, 0.25) is 5.91 Å². The quantitative estimate of drug-likeness (QED) is 0.765. The van der Waals surface area contributed by atoms with Gasteiger partial charge in [-0.15, -0.1) is 0 Å². The van der Waals surface area contributed by atoms with Gasteiger partial charge in [0.25, 0.3) is 0 Å². The number of amides is 1. The molecule has 4 nitrogen and oxygen atoms in total. The van der Waals surface area contributed by atoms with E-state index in [2.05, 4.69) is 5.32 Å². The lowest BCUT2D eigenvalue weighted by molar-refractivity contribution is -0.120. The maximum atomic E-state index is 11.7. The van der Waals surface area contributed by atoms with Gasteiger partial charge in [0.15, 0.2) is 5.78 Å². The first-order valence-corrected chi connectivity index (χ1v) is 5.64. The van der Waals surface area contributed by atoms with Crippen molar-refractivity contribution in [3.05, 3.63) is 29.8 Å². The van der Waals surface area contributed by atoms with E-state index in [9.17, 15) is 9.59 Å². The summed E-state index contributed by atoms with van der Waals surface area (Å²) in [7, 11) is 1.56. The second-order valence-electron chi connectivity index (χ2n) is 3.55. The van der Waals surface area contributed by atoms with Crippen LogP contribution in [0.15, 0.2) is 24.3 Å². The molecule has 0 heterocycles. The molecule has 0 unspecified atom stereocenters. The SMILES string of the molecule is CCOc1ccc(C(=O)CCC(=O)NC)cc1. The molecule has 0 bridgehead atoms. The van der Waals surface area contributed by atoms with Crippen LogP contribution in [-0.2, 0) is 4.79 Å². The number of Topliss-reactive ketones (excluding diaryl/α,β-unsaturated/α-hetero) is 1. The molecule has 1 aromatic carbocycles. The Hall–Kier alpha value is -1.84. The van der Waals surface area contributed by atoms with E-state index in [0.717, 1.165) is 5.75 Å². The van der Waals surface area contributed by atoms with E-state index < -0.39 is 0 Å². The summed E-state index contributed by atoms with van der Waals surface area (Å²) in [5.41, 5.74) is 0.609. The zero-order valence-corrected chi connectivity index (χ0v) is 10.2. The molecule has 1 N–H and O–H groups in total. The number of hydrogen-bond acceptors (Lipinski definition) is 3. The lowest BCUT2D eigenvalue weighted by atomic mass is 10.1. The molecule has 0 radical (unpaired) electrons. The van der Waals surface area contributed by atoms with Crippen molar-refractivity contribution in [3.8, 4) is 5.75 Å². The van der Waals surface area contributed by atoms with Crippen molar-refractivity contribution in [2.24, 2.45) is 0 Å². The lowest BCUT2D eigenvalue weighted by Gasteiger charge is -2.04. The normalized spacial score (nSPS) is 9.76. The maximum absolute atomic E-state index is 11.7. The number of carbonyl (C=O) groups is 2. The third-order valence-electron chi connectivity index (χ3n) is 2.35. The van der Waals surface area contributed by atoms with Gasteiger partial charge in [-0.2, -0.15) is 0 Å². The maximum Gasteiger partial charge on any atom is 0.220 e. The molecule has 1 amide bonds. The van der Waals surface area contributed by atoms with Gasteiger partial charge in [-0.25, -0.2) is 0 Å². The molecular weight excluding hydrogens is 218 g/mol. The van der Waals surface area contributed by atoms with Crippen LogP contribution >= 0.6 is 0 Å². The van der Waals surface area contributed by atoms with Gasteiger partial charge in [-0.05, 0) is 31.2 Å². The van der Waals surface area contributed by atoms with Crippen LogP contribution in [0.1, 0.15) is 30.1 Å². The molecular formula is C13H17NO3. The summed E-state index contributed by atoms with van der Waals surface area (Å²) < 4.78 is 5.28. The van der Waals surface area contributed by atoms with Gasteiger partial charge >= 0.3 is 0 Å². The molecule has 1 rings (SSSR count). The molecule has 92 valence electrons. The highest BCUT2D eigenvalue weighted by Crippen LogP contribution is 2.13. The number of hydrogen-bond donors (Lipinski definition) is 1. The largest absolute Gasteiger partial charge is 0.494 e. The van der Waals surface area contributed by atoms with Gasteiger partial charge in [-0.1, -0.05) is 0 Å². The van der Waals surface area contributed by atoms with Gasteiger partial charge < -0.3 is 10.1 Å². The highest BCUT2D eigenvalue weighted by atomic mass is 16.5. The van der Waals surface area contributed by atoms with Crippen LogP contribution < -0.4 is 10.1 Å². The fraction of sp³-hybridized carbons (Fsp3) is 0.385. The minimum Gasteiger partial charge on any atom is -0.494 e. The van der Waals surface area contributed by atoms with Gasteiger partial charge in [0, 0.05) is 25.5 Å². The fourth-order valence-electron chi connectivity index (χ4n) is 1.40. The van der Waals surface area contributed by atoms with E-state index in [1.165, 1.54) is 0 Å². The summed E-state index contributed by atoms with van der Waals surface area (Å²) in [6.45, 7) is 2.51. The summed E-state index contributed by atoms with van der Waals surface area (Å²) in [5.74, 6) is 0.594. The standard InChI is InChI=1S/C13H17NO3/c1-3-17-11-6-4-10(5-7-11)12(15)8-9-13(16)14-2/h4-7H,3,8-9H2,1-2H3,(H,14,16). The van der Waals surface area contributed by atoms with Crippen molar-refractivity contribution in [3.63, 3.8) is 0 Å². The number of ether oxygens (including phenoxy) is 1.